The van der Waals surface area contributed by atoms with E-state index >= 15 is 0 Å². The Morgan fingerprint density at radius 2 is 1.88 bits per heavy atom. The molecule has 0 aromatic carbocycles. The summed E-state index contributed by atoms with van der Waals surface area (Å²) in [6, 6.07) is 0. The quantitative estimate of drug-likeness (QED) is 0.166. The number of carbonyl (C=O) groups is 1. The number of hydrogen-bond donors (Lipinski definition) is 0. The Morgan fingerprint density at radius 1 is 1.24 bits per heavy atom. The van der Waals surface area contributed by atoms with E-state index in [1.807, 2.05) is 6.92 Å². The van der Waals surface area contributed by atoms with Crippen LogP contribution in [0.2, 0.25) is 0 Å². The maximum atomic E-state index is 11.3. The Labute approximate surface area is 114 Å². The van der Waals surface area contributed by atoms with Crippen LogP contribution in [0.15, 0.2) is 11.8 Å². The first-order chi connectivity index (χ1) is 8.22. The Hall–Kier alpha value is 0.134. The lowest BCUT2D eigenvalue weighted by Gasteiger charge is -2.07. The average molecular weight is 329 g/mol. The summed E-state index contributed by atoms with van der Waals surface area (Å²) >= 11 is 0. The van der Waals surface area contributed by atoms with Crippen molar-refractivity contribution in [2.75, 3.05) is 6.61 Å². The highest BCUT2D eigenvalue weighted by molar-refractivity contribution is 6.54. The fourth-order valence-electron chi connectivity index (χ4n) is 0.790. The molecule has 0 rings (SSSR count). The van der Waals surface area contributed by atoms with Crippen LogP contribution in [-0.2, 0) is 26.0 Å². The van der Waals surface area contributed by atoms with Crippen molar-refractivity contribution in [1.82, 2.24) is 0 Å². The summed E-state index contributed by atoms with van der Waals surface area (Å²) in [6.45, 7) is 6.04. The Balaban J connectivity index is 3.35. The molecule has 0 amide bonds. The van der Waals surface area contributed by atoms with E-state index in [1.54, 1.807) is 0 Å². The van der Waals surface area contributed by atoms with Gasteiger partial charge in [-0.2, -0.15) is 0 Å². The largest absolute Gasteiger partial charge is 0.463 e. The fraction of sp³-hybridized carbons (Fsp3) is 0.500. The van der Waals surface area contributed by atoms with Gasteiger partial charge in [-0.15, -0.1) is 0 Å². The molecule has 0 aromatic rings. The molecule has 0 unspecified atom stereocenters. The SMILES string of the molecule is C=C([SiH2]O[SiH2]O[SiH2]O[SiH2]O[SiH3])C(=O)OCCC. The predicted molar refractivity (Wildman–Crippen MR) is 78.8 cm³/mol. The van der Waals surface area contributed by atoms with Crippen molar-refractivity contribution in [2.45, 2.75) is 13.3 Å². The van der Waals surface area contributed by atoms with E-state index in [0.29, 0.717) is 11.8 Å². The summed E-state index contributed by atoms with van der Waals surface area (Å²) in [5.74, 6) is -0.335. The molecule has 100 valence electrons. The van der Waals surface area contributed by atoms with Crippen LogP contribution < -0.4 is 0 Å². The van der Waals surface area contributed by atoms with E-state index in [4.69, 9.17) is 21.2 Å². The van der Waals surface area contributed by atoms with Gasteiger partial charge in [0, 0.05) is 5.20 Å². The van der Waals surface area contributed by atoms with Gasteiger partial charge >= 0.3 is 5.97 Å². The summed E-state index contributed by atoms with van der Waals surface area (Å²) in [5, 5.41) is 0.467. The van der Waals surface area contributed by atoms with Crippen molar-refractivity contribution in [3.8, 4) is 0 Å². The van der Waals surface area contributed by atoms with Gasteiger partial charge in [0.15, 0.2) is 9.76 Å². The Bertz CT molecular complexity index is 227. The predicted octanol–water partition coefficient (Wildman–Crippen LogP) is -4.12. The molecule has 11 heteroatoms. The summed E-state index contributed by atoms with van der Waals surface area (Å²) in [5.41, 5.74) is 0. The first-order valence-electron chi connectivity index (χ1n) is 5.29. The first kappa shape index (κ1) is 17.1. The minimum atomic E-state index is -1.06. The van der Waals surface area contributed by atoms with Gasteiger partial charge in [-0.25, -0.2) is 4.79 Å². The summed E-state index contributed by atoms with van der Waals surface area (Å²) in [7, 11) is -3.00. The third kappa shape index (κ3) is 11.0. The zero-order valence-corrected chi connectivity index (χ0v) is 18.1. The summed E-state index contributed by atoms with van der Waals surface area (Å²) in [4.78, 5) is 11.3. The molecule has 0 aromatic heterocycles. The van der Waals surface area contributed by atoms with Crippen LogP contribution in [0.25, 0.3) is 0 Å². The molecule has 0 heterocycles. The molecule has 17 heavy (non-hydrogen) atoms. The monoisotopic (exact) mass is 328 g/mol. The van der Waals surface area contributed by atoms with Gasteiger partial charge in [0.1, 0.15) is 10.5 Å². The first-order valence-corrected chi connectivity index (χ1v) is 10.9. The molecule has 0 aliphatic carbocycles. The molecule has 0 fully saturated rings. The van der Waals surface area contributed by atoms with Gasteiger partial charge in [-0.1, -0.05) is 13.5 Å². The van der Waals surface area contributed by atoms with Crippen LogP contribution in [0.4, 0.5) is 0 Å². The molecule has 0 atom stereocenters. The van der Waals surface area contributed by atoms with E-state index in [0.717, 1.165) is 16.9 Å². The van der Waals surface area contributed by atoms with E-state index in [1.165, 1.54) is 0 Å². The molecule has 6 nitrogen and oxygen atoms in total. The van der Waals surface area contributed by atoms with Crippen LogP contribution in [-0.4, -0.2) is 62.8 Å². The minimum Gasteiger partial charge on any atom is -0.463 e. The van der Waals surface area contributed by atoms with Gasteiger partial charge in [0.2, 0.25) is 0 Å². The normalized spacial score (nSPS) is 13.2. The molecule has 0 aliphatic heterocycles. The second-order valence-electron chi connectivity index (χ2n) is 3.14. The topological polar surface area (TPSA) is 63.2 Å². The van der Waals surface area contributed by atoms with Crippen LogP contribution >= 0.6 is 0 Å². The van der Waals surface area contributed by atoms with Gasteiger partial charge in [0.05, 0.1) is 6.61 Å². The van der Waals surface area contributed by atoms with Crippen molar-refractivity contribution >= 4 is 56.2 Å². The highest BCUT2D eigenvalue weighted by Crippen LogP contribution is 1.94. The molecule has 0 bridgehead atoms. The van der Waals surface area contributed by atoms with Crippen LogP contribution in [0.1, 0.15) is 13.3 Å². The van der Waals surface area contributed by atoms with Crippen molar-refractivity contribution in [2.24, 2.45) is 0 Å². The number of rotatable bonds is 11. The van der Waals surface area contributed by atoms with E-state index in [-0.39, 0.29) is 5.97 Å². The highest BCUT2D eigenvalue weighted by atomic mass is 28.4. The highest BCUT2D eigenvalue weighted by Gasteiger charge is 2.08. The number of esters is 1. The second kappa shape index (κ2) is 12.6. The summed E-state index contributed by atoms with van der Waals surface area (Å²) in [6.07, 6.45) is 0.814. The Morgan fingerprint density at radius 3 is 2.53 bits per heavy atom. The average Bonchev–Trinajstić information content (AvgIpc) is 2.34. The number of ether oxygens (including phenoxy) is 1. The third-order valence-corrected chi connectivity index (χ3v) is 7.27. The van der Waals surface area contributed by atoms with Gasteiger partial charge in [0.25, 0.3) is 30.0 Å². The standard InChI is InChI=1S/C6H20O6Si5/c1-3-4-8-6(7)5(2)14-10-16-12-17-11-15-9-13/h2-4,14-17H2,1,13H3. The molecular formula is C6H20O6Si5. The van der Waals surface area contributed by atoms with Crippen molar-refractivity contribution in [3.63, 3.8) is 0 Å². The second-order valence-corrected chi connectivity index (χ2v) is 12.2. The maximum absolute atomic E-state index is 11.3. The number of carbonyl (C=O) groups excluding carboxylic acids is 1. The molecule has 0 spiro atoms. The Kier molecular flexibility index (Phi) is 12.7. The molecule has 0 saturated heterocycles. The zero-order chi connectivity index (χ0) is 12.9. The van der Waals surface area contributed by atoms with E-state index in [2.05, 4.69) is 6.58 Å². The molecular weight excluding hydrogens is 308 g/mol. The van der Waals surface area contributed by atoms with Crippen LogP contribution in [0.3, 0.4) is 0 Å². The zero-order valence-electron chi connectivity index (χ0n) is 10.4. The number of hydrogen-bond acceptors (Lipinski definition) is 6. The van der Waals surface area contributed by atoms with Crippen LogP contribution in [0.5, 0.6) is 0 Å². The van der Waals surface area contributed by atoms with Crippen molar-refractivity contribution < 1.29 is 26.0 Å². The summed E-state index contributed by atoms with van der Waals surface area (Å²) < 4.78 is 25.8. The van der Waals surface area contributed by atoms with Crippen LogP contribution in [0, 0.1) is 0 Å². The van der Waals surface area contributed by atoms with Crippen molar-refractivity contribution in [3.05, 3.63) is 11.8 Å². The molecule has 0 saturated carbocycles. The van der Waals surface area contributed by atoms with Gasteiger partial charge < -0.3 is 21.2 Å². The third-order valence-electron chi connectivity index (χ3n) is 1.54. The minimum absolute atomic E-state index is 0.335. The smallest absolute Gasteiger partial charge is 0.331 e. The lowest BCUT2D eigenvalue weighted by molar-refractivity contribution is -0.138. The lowest BCUT2D eigenvalue weighted by atomic mass is 10.5. The molecule has 0 radical (unpaired) electrons. The van der Waals surface area contributed by atoms with Gasteiger partial charge in [-0.3, -0.25) is 0 Å². The fourth-order valence-corrected chi connectivity index (χ4v) is 8.10. The molecule has 0 aliphatic rings. The lowest BCUT2D eigenvalue weighted by Crippen LogP contribution is -2.20. The molecule has 0 N–H and O–H groups in total. The van der Waals surface area contributed by atoms with E-state index in [9.17, 15) is 4.79 Å². The maximum Gasteiger partial charge on any atom is 0.331 e. The van der Waals surface area contributed by atoms with Crippen molar-refractivity contribution in [1.29, 1.82) is 0 Å². The van der Waals surface area contributed by atoms with E-state index < -0.39 is 39.8 Å². The van der Waals surface area contributed by atoms with Gasteiger partial charge in [-0.05, 0) is 6.42 Å².